The molecule has 0 aliphatic rings. The second kappa shape index (κ2) is 55.2. The molecular formula is C107H152FN17O22. The van der Waals surface area contributed by atoms with Gasteiger partial charge in [-0.2, -0.15) is 5.21 Å². The van der Waals surface area contributed by atoms with E-state index in [1.807, 2.05) is 69.3 Å². The van der Waals surface area contributed by atoms with Crippen LogP contribution in [0.5, 0.6) is 23.0 Å². The van der Waals surface area contributed by atoms with Gasteiger partial charge in [0.05, 0.1) is 81.5 Å². The summed E-state index contributed by atoms with van der Waals surface area (Å²) >= 11 is 0. The van der Waals surface area contributed by atoms with Crippen molar-refractivity contribution in [3.05, 3.63) is 184 Å². The number of ether oxygens (including phenoxy) is 9. The number of likely N-dealkylation sites (N-methyl/N-ethyl adjacent to an activating group) is 1. The number of aromatic nitrogens is 4. The molecule has 1 aromatic heterocycles. The van der Waals surface area contributed by atoms with Crippen molar-refractivity contribution in [3.8, 4) is 34.1 Å². The van der Waals surface area contributed by atoms with Gasteiger partial charge in [-0.15, -0.1) is 10.2 Å². The van der Waals surface area contributed by atoms with E-state index in [9.17, 15) is 28.8 Å². The lowest BCUT2D eigenvalue weighted by molar-refractivity contribution is -0.157. The van der Waals surface area contributed by atoms with E-state index >= 15 is 38.0 Å². The quantitative estimate of drug-likeness (QED) is 0.0125. The number of aryl methyl sites for hydroxylation is 4. The lowest BCUT2D eigenvalue weighted by Gasteiger charge is -2.37. The van der Waals surface area contributed by atoms with Crippen molar-refractivity contribution in [1.82, 2.24) is 84.4 Å². The van der Waals surface area contributed by atoms with Crippen molar-refractivity contribution in [2.24, 2.45) is 5.73 Å². The third-order valence-electron chi connectivity index (χ3n) is 22.6. The van der Waals surface area contributed by atoms with E-state index in [4.69, 9.17) is 48.4 Å². The van der Waals surface area contributed by atoms with Crippen molar-refractivity contribution in [3.63, 3.8) is 0 Å². The molecule has 0 bridgehead atoms. The van der Waals surface area contributed by atoms with Crippen LogP contribution in [0.4, 0.5) is 9.18 Å². The molecule has 7 aromatic rings. The number of hydrogen-bond donors (Lipinski definition) is 14. The number of nitrogens with two attached hydrogens (primary N) is 1. The number of alkyl carbamates (subject to hydrolysis) is 1. The van der Waals surface area contributed by atoms with Crippen molar-refractivity contribution >= 4 is 77.0 Å². The number of unbranched alkanes of at least 4 members (excludes halogenated alkanes) is 1. The second-order valence-electron chi connectivity index (χ2n) is 41.5. The lowest BCUT2D eigenvalue weighted by Crippen LogP contribution is -2.67. The minimum absolute atomic E-state index is 0.000254. The monoisotopic (exact) mass is 2050 g/mol. The Hall–Kier alpha value is -13.7. The van der Waals surface area contributed by atoms with E-state index in [-0.39, 0.29) is 43.2 Å². The van der Waals surface area contributed by atoms with Crippen LogP contribution in [0.3, 0.4) is 0 Å². The Morgan fingerprint density at radius 3 is 1.67 bits per heavy atom. The molecule has 12 amide bonds. The smallest absolute Gasteiger partial charge is 0.407 e. The molecule has 1 unspecified atom stereocenters. The maximum Gasteiger partial charge on any atom is 0.407 e. The number of carbonyl (C=O) groups excluding carboxylic acids is 13. The Bertz CT molecular complexity index is 5580. The van der Waals surface area contributed by atoms with E-state index in [1.165, 1.54) is 67.2 Å². The van der Waals surface area contributed by atoms with Gasteiger partial charge in [-0.25, -0.2) is 9.18 Å². The van der Waals surface area contributed by atoms with Gasteiger partial charge >= 0.3 is 12.1 Å². The number of amides is 12. The minimum atomic E-state index is -2.33. The first kappa shape index (κ1) is 120. The Morgan fingerprint density at radius 2 is 1.08 bits per heavy atom. The summed E-state index contributed by atoms with van der Waals surface area (Å²) in [6.45, 7) is 35.5. The van der Waals surface area contributed by atoms with E-state index in [0.29, 0.717) is 84.9 Å². The fraction of sp³-hybridized carbons (Fsp3) is 0.533. The molecule has 0 radical (unpaired) electrons. The molecule has 0 spiro atoms. The zero-order valence-electron chi connectivity index (χ0n) is 89.4. The van der Waals surface area contributed by atoms with Crippen molar-refractivity contribution in [2.45, 2.75) is 317 Å². The van der Waals surface area contributed by atoms with Gasteiger partial charge in [0.2, 0.25) is 59.1 Å². The Morgan fingerprint density at radius 1 is 0.503 bits per heavy atom. The van der Waals surface area contributed by atoms with Gasteiger partial charge in [0.1, 0.15) is 87.8 Å². The summed E-state index contributed by atoms with van der Waals surface area (Å²) in [5, 5.41) is 46.1. The van der Waals surface area contributed by atoms with Gasteiger partial charge < -0.3 is 112 Å². The number of methoxy groups -OCH3 is 2. The SMILES string of the molecule is CCc1cc(OCCCCNC(=O)OC(C)(C)C)ccc1-c1ccc(C[C@H](NC(=O)[C@H](CC(=O)OC(C)(C)C)NC(=O)[C@H](COC(C)(C)C)NC(=O)[C@@H](NC(=O)[C@](C)(Cc2ccccc2F)NC(=O)[C@@H](NC(=O)CNC(=O)[C@H](Cc2nn[nH]n2)NC(=O)[C@H](C)N)[C@@H](C)OC(C)(C)C)[C@@H](C)OC(C)(C)C)C(=O)N[C@@H](CCCc2cc(C)cc(C)c2)C(=O)NC(c2ccc(OCC(=O)NC)cc2)c2ccc(OC)cc2OC)cc1. The summed E-state index contributed by atoms with van der Waals surface area (Å²) in [6.07, 6.45) is -2.65. The first-order valence-electron chi connectivity index (χ1n) is 49.3. The highest BCUT2D eigenvalue weighted by Gasteiger charge is 2.45. The predicted octanol–water partition coefficient (Wildman–Crippen LogP) is 8.65. The van der Waals surface area contributed by atoms with Crippen LogP contribution in [-0.4, -0.2) is 246 Å². The van der Waals surface area contributed by atoms with Gasteiger partial charge in [0.25, 0.3) is 5.91 Å². The lowest BCUT2D eigenvalue weighted by atomic mass is 9.90. The van der Waals surface area contributed by atoms with Crippen LogP contribution < -0.4 is 88.5 Å². The molecule has 12 atom stereocenters. The molecule has 804 valence electrons. The normalized spacial score (nSPS) is 14.4. The summed E-state index contributed by atoms with van der Waals surface area (Å²) in [5.74, 6) is -10.4. The van der Waals surface area contributed by atoms with E-state index < -0.39 is 203 Å². The molecule has 1 heterocycles. The molecule has 15 N–H and O–H groups in total. The third kappa shape index (κ3) is 41.3. The number of benzene rings is 6. The molecule has 0 saturated heterocycles. The number of nitrogens with zero attached hydrogens (tertiary/aromatic N) is 3. The highest BCUT2D eigenvalue weighted by atomic mass is 19.1. The fourth-order valence-electron chi connectivity index (χ4n) is 15.8. The van der Waals surface area contributed by atoms with E-state index in [0.717, 1.165) is 39.4 Å². The summed E-state index contributed by atoms with van der Waals surface area (Å²) in [6, 6.07) is 22.1. The van der Waals surface area contributed by atoms with Crippen molar-refractivity contribution in [1.29, 1.82) is 0 Å². The topological polar surface area (TPSA) is 530 Å². The Kier molecular flexibility index (Phi) is 45.1. The van der Waals surface area contributed by atoms with Crippen LogP contribution in [0.15, 0.2) is 127 Å². The van der Waals surface area contributed by atoms with E-state index in [1.54, 1.807) is 158 Å². The predicted molar refractivity (Wildman–Crippen MR) is 550 cm³/mol. The summed E-state index contributed by atoms with van der Waals surface area (Å²) in [5.41, 5.74) is 5.31. The zero-order chi connectivity index (χ0) is 109. The number of halogens is 1. The third-order valence-corrected chi connectivity index (χ3v) is 22.6. The summed E-state index contributed by atoms with van der Waals surface area (Å²) in [7, 11) is 4.43. The molecule has 6 aromatic carbocycles. The number of hydrogen-bond acceptors (Lipinski definition) is 26. The molecule has 40 heteroatoms. The largest absolute Gasteiger partial charge is 0.497 e. The second-order valence-corrected chi connectivity index (χ2v) is 41.5. The average molecular weight is 2050 g/mol. The number of esters is 1. The molecular weight excluding hydrogens is 1890 g/mol. The fourth-order valence-corrected chi connectivity index (χ4v) is 15.8. The van der Waals surface area contributed by atoms with Crippen LogP contribution in [0.25, 0.3) is 11.1 Å². The Labute approximate surface area is 860 Å². The van der Waals surface area contributed by atoms with Crippen LogP contribution in [-0.2, 0) is 113 Å². The molecule has 0 aliphatic heterocycles. The van der Waals surface area contributed by atoms with Gasteiger partial charge in [-0.05, 0) is 265 Å². The number of H-pyrrole nitrogens is 1. The van der Waals surface area contributed by atoms with Crippen LogP contribution >= 0.6 is 0 Å². The van der Waals surface area contributed by atoms with Gasteiger partial charge in [0.15, 0.2) is 12.4 Å². The first-order valence-corrected chi connectivity index (χ1v) is 49.3. The number of tetrazole rings is 1. The van der Waals surface area contributed by atoms with Gasteiger partial charge in [-0.3, -0.25) is 57.5 Å². The minimum Gasteiger partial charge on any atom is -0.497 e. The standard InChI is InChI=1S/C107H152FN17O22/c1-26-69-54-75(141-49-30-29-48-111-101(138)147-106(19,20)21)45-46-76(69)70-38-36-67(37-39-70)53-80(95(132)113-79(35-31-32-68-51-62(2)50-63(3)52-68)94(131)119-91(77-47-44-74(139-24)55-84(77)140-25)71-40-42-73(43-41-71)142-61-87(127)110-23)115-96(133)82(57-88(128)146-105(16,17)18)116-97(134)83(60-143-102(7,8)9)117-98(135)89(65(5)144-103(10,11)12)120-100(137)107(22,58-72-33-27-28-34-78(72)108)121-99(136)90(66(6)145-104(13,14)15)118-86(126)59-112-93(130)81(114-92(129)64(4)109)56-85-122-124-125-123-85/h27-28,33-34,36-47,50-52,54-55,64-66,79-83,89-91H,26,29-32,35,48-49,53,56-61,109H2,1-25H3,(H,110,127)(H,111,138)(H,112,130)(H,113,132)(H,114,129)(H,115,133)(H,116,134)(H,117,135)(H,118,126)(H,119,131)(H,120,137)(H,121,136)(H,122,123,124,125)/t64-,65+,66+,79-,80-,81-,82-,83-,89-,90-,91?,107-/m0/s1. The number of carbonyl (C=O) groups is 13. The number of nitrogens with one attached hydrogen (secondary N) is 13. The van der Waals surface area contributed by atoms with Crippen LogP contribution in [0.1, 0.15) is 227 Å². The molecule has 7 rings (SSSR count). The number of rotatable bonds is 53. The summed E-state index contributed by atoms with van der Waals surface area (Å²) in [4.78, 5) is 191. The molecule has 0 fully saturated rings. The highest BCUT2D eigenvalue weighted by Crippen LogP contribution is 2.36. The molecule has 39 nitrogen and oxygen atoms in total. The molecule has 147 heavy (non-hydrogen) atoms. The van der Waals surface area contributed by atoms with Gasteiger partial charge in [-0.1, -0.05) is 102 Å². The average Bonchev–Trinajstić information content (AvgIpc) is 1.13. The highest BCUT2D eigenvalue weighted by molar-refractivity contribution is 6.01. The maximum absolute atomic E-state index is 16.2. The Balaban J connectivity index is 1.31. The maximum atomic E-state index is 16.2. The van der Waals surface area contributed by atoms with E-state index in [2.05, 4.69) is 84.4 Å². The zero-order valence-corrected chi connectivity index (χ0v) is 89.4. The molecule has 0 saturated carbocycles. The van der Waals surface area contributed by atoms with Gasteiger partial charge in [0, 0.05) is 44.5 Å². The van der Waals surface area contributed by atoms with Crippen LogP contribution in [0, 0.1) is 19.7 Å². The number of aromatic amines is 1. The first-order chi connectivity index (χ1) is 68.8. The van der Waals surface area contributed by atoms with Crippen molar-refractivity contribution < 1.29 is 109 Å². The van der Waals surface area contributed by atoms with Crippen molar-refractivity contribution in [2.75, 3.05) is 54.2 Å². The van der Waals surface area contributed by atoms with Crippen LogP contribution in [0.2, 0.25) is 0 Å². The molecule has 0 aliphatic carbocycles. The summed E-state index contributed by atoms with van der Waals surface area (Å²) < 4.78 is 69.9.